The Balaban J connectivity index is 1.39. The minimum absolute atomic E-state index is 0.0104. The number of nitrogens with one attached hydrogen (secondary N) is 1. The average molecular weight is 515 g/mol. The minimum Gasteiger partial charge on any atom is -0.462 e. The van der Waals surface area contributed by atoms with Gasteiger partial charge in [-0.1, -0.05) is 43.2 Å². The van der Waals surface area contributed by atoms with Crippen molar-refractivity contribution >= 4 is 21.7 Å². The van der Waals surface area contributed by atoms with E-state index in [4.69, 9.17) is 4.74 Å². The molecular weight excluding hydrogens is 476 g/mol. The predicted octanol–water partition coefficient (Wildman–Crippen LogP) is 4.64. The summed E-state index contributed by atoms with van der Waals surface area (Å²) in [4.78, 5) is 14.1. The van der Waals surface area contributed by atoms with Crippen LogP contribution in [0.2, 0.25) is 0 Å². The van der Waals surface area contributed by atoms with Gasteiger partial charge in [-0.15, -0.1) is 0 Å². The summed E-state index contributed by atoms with van der Waals surface area (Å²) in [5.74, 6) is 0.213. The fraction of sp³-hybridized carbons (Fsp3) is 0.643. The number of nitrogens with zero attached hydrogens (tertiary/aromatic N) is 1. The SMILES string of the molecule is CC(=O)O[C@H]1CC[C@@]2(C)C(=CC[C@@H]3[C@@H]2CC[C@]2(C)/C(=N\NS(=O)(=O)c4ccc(C)cc4)CC[C@@]32O)C1. The summed E-state index contributed by atoms with van der Waals surface area (Å²) in [5.41, 5.74) is 1.60. The molecule has 1 aromatic carbocycles. The van der Waals surface area contributed by atoms with Crippen LogP contribution < -0.4 is 4.83 Å². The first-order chi connectivity index (χ1) is 16.9. The molecule has 5 rings (SSSR count). The molecule has 196 valence electrons. The molecule has 0 amide bonds. The summed E-state index contributed by atoms with van der Waals surface area (Å²) < 4.78 is 31.2. The van der Waals surface area contributed by atoms with Crippen LogP contribution in [0.1, 0.15) is 77.7 Å². The smallest absolute Gasteiger partial charge is 0.302 e. The molecule has 36 heavy (non-hydrogen) atoms. The predicted molar refractivity (Wildman–Crippen MR) is 138 cm³/mol. The van der Waals surface area contributed by atoms with Crippen molar-refractivity contribution in [2.45, 2.75) is 95.7 Å². The van der Waals surface area contributed by atoms with Gasteiger partial charge >= 0.3 is 5.97 Å². The Labute approximate surface area is 214 Å². The van der Waals surface area contributed by atoms with E-state index in [1.165, 1.54) is 12.5 Å². The van der Waals surface area contributed by atoms with Crippen LogP contribution in [-0.4, -0.2) is 36.9 Å². The number of carbonyl (C=O) groups excluding carboxylic acids is 1. The lowest BCUT2D eigenvalue weighted by atomic mass is 9.46. The van der Waals surface area contributed by atoms with Crippen LogP contribution in [0.5, 0.6) is 0 Å². The maximum absolute atomic E-state index is 12.8. The number of hydrazone groups is 1. The van der Waals surface area contributed by atoms with Gasteiger partial charge in [-0.25, -0.2) is 4.83 Å². The van der Waals surface area contributed by atoms with Crippen molar-refractivity contribution in [2.75, 3.05) is 0 Å². The molecule has 1 aromatic rings. The van der Waals surface area contributed by atoms with Crippen molar-refractivity contribution in [3.63, 3.8) is 0 Å². The summed E-state index contributed by atoms with van der Waals surface area (Å²) >= 11 is 0. The third-order valence-electron chi connectivity index (χ3n) is 9.96. The Kier molecular flexibility index (Phi) is 6.15. The average Bonchev–Trinajstić information content (AvgIpc) is 3.08. The van der Waals surface area contributed by atoms with E-state index in [0.717, 1.165) is 49.8 Å². The molecule has 3 fully saturated rings. The van der Waals surface area contributed by atoms with Gasteiger partial charge in [-0.3, -0.25) is 4.79 Å². The number of allylic oxidation sites excluding steroid dienone is 1. The van der Waals surface area contributed by atoms with E-state index >= 15 is 0 Å². The van der Waals surface area contributed by atoms with Gasteiger partial charge < -0.3 is 9.84 Å². The fourth-order valence-electron chi connectivity index (χ4n) is 7.78. The van der Waals surface area contributed by atoms with Crippen LogP contribution in [0.4, 0.5) is 0 Å². The van der Waals surface area contributed by atoms with E-state index in [0.29, 0.717) is 18.8 Å². The standard InChI is InChI=1S/C28H38N2O5S/c1-18-5-8-22(9-6-18)36(33,34)30-29-25-13-16-28(32)24-10-7-20-17-21(35-19(2)31)11-14-26(20,3)23(24)12-15-27(25,28)4/h5-9,21,23-24,30,32H,10-17H2,1-4H3/b29-25-/t21-,23-,24+,26-,27+,28+/m0/s1. The van der Waals surface area contributed by atoms with Crippen LogP contribution in [0.15, 0.2) is 45.9 Å². The van der Waals surface area contributed by atoms with Gasteiger partial charge in [0.15, 0.2) is 0 Å². The highest BCUT2D eigenvalue weighted by Gasteiger charge is 2.65. The summed E-state index contributed by atoms with van der Waals surface area (Å²) in [6, 6.07) is 6.70. The maximum atomic E-state index is 12.8. The van der Waals surface area contributed by atoms with Gasteiger partial charge in [-0.2, -0.15) is 13.5 Å². The van der Waals surface area contributed by atoms with Gasteiger partial charge in [0.1, 0.15) is 6.10 Å². The number of aliphatic hydroxyl groups is 1. The van der Waals surface area contributed by atoms with Gasteiger partial charge in [0, 0.05) is 24.5 Å². The molecule has 0 bridgehead atoms. The van der Waals surface area contributed by atoms with Gasteiger partial charge in [0.25, 0.3) is 10.0 Å². The molecule has 4 aliphatic rings. The minimum atomic E-state index is -3.78. The van der Waals surface area contributed by atoms with Gasteiger partial charge in [-0.05, 0) is 81.3 Å². The van der Waals surface area contributed by atoms with Crippen LogP contribution in [-0.2, 0) is 19.6 Å². The number of carbonyl (C=O) groups is 1. The quantitative estimate of drug-likeness (QED) is 0.346. The first-order valence-electron chi connectivity index (χ1n) is 13.1. The summed E-state index contributed by atoms with van der Waals surface area (Å²) in [7, 11) is -3.78. The van der Waals surface area contributed by atoms with Crippen LogP contribution >= 0.6 is 0 Å². The normalized spacial score (nSPS) is 39.0. The lowest BCUT2D eigenvalue weighted by Crippen LogP contribution is -2.60. The number of aryl methyl sites for hydroxylation is 1. The van der Waals surface area contributed by atoms with E-state index in [-0.39, 0.29) is 28.3 Å². The number of benzene rings is 1. The van der Waals surface area contributed by atoms with E-state index in [1.54, 1.807) is 24.3 Å². The first kappa shape index (κ1) is 25.5. The van der Waals surface area contributed by atoms with Crippen molar-refractivity contribution in [1.29, 1.82) is 0 Å². The molecule has 6 atom stereocenters. The first-order valence-corrected chi connectivity index (χ1v) is 14.6. The van der Waals surface area contributed by atoms with E-state index < -0.39 is 21.0 Å². The van der Waals surface area contributed by atoms with Crippen LogP contribution in [0.25, 0.3) is 0 Å². The topological polar surface area (TPSA) is 105 Å². The zero-order valence-corrected chi connectivity index (χ0v) is 22.5. The van der Waals surface area contributed by atoms with Gasteiger partial charge in [0.2, 0.25) is 0 Å². The molecule has 7 nitrogen and oxygen atoms in total. The molecule has 2 N–H and O–H groups in total. The highest BCUT2D eigenvalue weighted by atomic mass is 32.2. The highest BCUT2D eigenvalue weighted by molar-refractivity contribution is 7.89. The van der Waals surface area contributed by atoms with Crippen molar-refractivity contribution in [3.8, 4) is 0 Å². The monoisotopic (exact) mass is 514 g/mol. The lowest BCUT2D eigenvalue weighted by molar-refractivity contribution is -0.158. The van der Waals surface area contributed by atoms with Crippen LogP contribution in [0.3, 0.4) is 0 Å². The largest absolute Gasteiger partial charge is 0.462 e. The molecule has 0 unspecified atom stereocenters. The number of fused-ring (bicyclic) bond motifs is 5. The van der Waals surface area contributed by atoms with Crippen molar-refractivity contribution in [2.24, 2.45) is 27.8 Å². The zero-order chi connectivity index (χ0) is 25.9. The molecule has 4 aliphatic carbocycles. The summed E-state index contributed by atoms with van der Waals surface area (Å²) in [6.07, 6.45) is 8.49. The summed E-state index contributed by atoms with van der Waals surface area (Å²) in [6.45, 7) is 7.77. The Morgan fingerprint density at radius 1 is 1.11 bits per heavy atom. The second-order valence-electron chi connectivity index (χ2n) is 11.8. The zero-order valence-electron chi connectivity index (χ0n) is 21.7. The van der Waals surface area contributed by atoms with E-state index in [1.807, 2.05) is 6.92 Å². The summed E-state index contributed by atoms with van der Waals surface area (Å²) in [5, 5.41) is 16.7. The maximum Gasteiger partial charge on any atom is 0.302 e. The molecule has 0 aromatic heterocycles. The second kappa shape index (κ2) is 8.69. The number of hydrogen-bond acceptors (Lipinski definition) is 6. The Hall–Kier alpha value is -2.19. The fourth-order valence-corrected chi connectivity index (χ4v) is 8.61. The van der Waals surface area contributed by atoms with E-state index in [2.05, 4.69) is 29.9 Å². The number of sulfonamides is 1. The highest BCUT2D eigenvalue weighted by Crippen LogP contribution is 2.65. The molecule has 8 heteroatoms. The molecule has 3 saturated carbocycles. The Morgan fingerprint density at radius 2 is 1.83 bits per heavy atom. The number of rotatable bonds is 4. The van der Waals surface area contributed by atoms with Gasteiger partial charge in [0.05, 0.1) is 10.5 Å². The second-order valence-corrected chi connectivity index (χ2v) is 13.5. The van der Waals surface area contributed by atoms with Crippen LogP contribution in [0, 0.1) is 29.6 Å². The number of ether oxygens (including phenoxy) is 1. The van der Waals surface area contributed by atoms with E-state index in [9.17, 15) is 18.3 Å². The van der Waals surface area contributed by atoms with Crippen molar-refractivity contribution in [3.05, 3.63) is 41.5 Å². The molecular formula is C28H38N2O5S. The molecule has 0 saturated heterocycles. The third-order valence-corrected chi connectivity index (χ3v) is 11.2. The lowest BCUT2D eigenvalue weighted by Gasteiger charge is -2.60. The Bertz CT molecular complexity index is 1220. The third kappa shape index (κ3) is 3.92. The van der Waals surface area contributed by atoms with Crippen molar-refractivity contribution < 1.29 is 23.1 Å². The molecule has 0 heterocycles. The number of esters is 1. The molecule has 0 radical (unpaired) electrons. The molecule has 0 spiro atoms. The molecule has 0 aliphatic heterocycles. The Morgan fingerprint density at radius 3 is 2.53 bits per heavy atom. The number of hydrogen-bond donors (Lipinski definition) is 2. The van der Waals surface area contributed by atoms with Crippen molar-refractivity contribution in [1.82, 2.24) is 4.83 Å².